The molecule has 0 aromatic heterocycles. The average molecular weight is 551 g/mol. The van der Waals surface area contributed by atoms with Crippen LogP contribution in [0.25, 0.3) is 0 Å². The molecule has 0 bridgehead atoms. The van der Waals surface area contributed by atoms with Crippen LogP contribution in [0.3, 0.4) is 0 Å². The zero-order valence-electron chi connectivity index (χ0n) is 22.7. The van der Waals surface area contributed by atoms with Gasteiger partial charge in [-0.2, -0.15) is 0 Å². The third kappa shape index (κ3) is 8.68. The van der Waals surface area contributed by atoms with Crippen molar-refractivity contribution in [2.45, 2.75) is 50.3 Å². The van der Waals surface area contributed by atoms with Gasteiger partial charge in [-0.3, -0.25) is 0 Å². The van der Waals surface area contributed by atoms with Crippen LogP contribution in [0.15, 0.2) is 121 Å². The summed E-state index contributed by atoms with van der Waals surface area (Å²) < 4.78 is 17.2. The third-order valence-corrected chi connectivity index (χ3v) is 6.98. The maximum Gasteiger partial charge on any atom is 0.407 e. The molecule has 4 atom stereocenters. The quantitative estimate of drug-likeness (QED) is 0.217. The van der Waals surface area contributed by atoms with Gasteiger partial charge in [-0.15, -0.1) is 0 Å². The molecule has 1 heterocycles. The molecule has 2 N–H and O–H groups in total. The van der Waals surface area contributed by atoms with Gasteiger partial charge in [0.05, 0.1) is 12.1 Å². The summed E-state index contributed by atoms with van der Waals surface area (Å²) in [6.07, 6.45) is -0.555. The fraction of sp³-hybridized carbons (Fsp3) is 0.235. The first kappa shape index (κ1) is 27.9. The van der Waals surface area contributed by atoms with Gasteiger partial charge >= 0.3 is 12.2 Å². The zero-order chi connectivity index (χ0) is 28.3. The molecule has 1 fully saturated rings. The van der Waals surface area contributed by atoms with E-state index in [2.05, 4.69) is 10.6 Å². The summed E-state index contributed by atoms with van der Waals surface area (Å²) >= 11 is 0. The second kappa shape index (κ2) is 14.1. The van der Waals surface area contributed by atoms with E-state index >= 15 is 0 Å². The topological polar surface area (TPSA) is 89.2 Å². The standard InChI is InChI=1S/C34H34N2O5/c37-33(39-23-27-17-9-3-10-18-27)35-29(21-25-13-5-1-6-14-25)31-32(41-31)30(22-26-15-7-2-8-16-26)36-34(38)40-24-28-19-11-4-12-20-28/h1-20,29-32H,21-24H2,(H,35,37)(H,36,38)/t29-,30-,31-,32-/m0/s1. The maximum absolute atomic E-state index is 12.8. The van der Waals surface area contributed by atoms with Crippen LogP contribution in [0.4, 0.5) is 9.59 Å². The molecular weight excluding hydrogens is 516 g/mol. The summed E-state index contributed by atoms with van der Waals surface area (Å²) in [5.41, 5.74) is 3.93. The molecular formula is C34H34N2O5. The lowest BCUT2D eigenvalue weighted by Crippen LogP contribution is -2.46. The molecule has 7 nitrogen and oxygen atoms in total. The second-order valence-electron chi connectivity index (χ2n) is 10.1. The van der Waals surface area contributed by atoms with Gasteiger partial charge in [0, 0.05) is 0 Å². The highest BCUT2D eigenvalue weighted by molar-refractivity contribution is 5.68. The molecule has 2 amide bonds. The van der Waals surface area contributed by atoms with Crippen molar-refractivity contribution < 1.29 is 23.8 Å². The van der Waals surface area contributed by atoms with E-state index in [1.165, 1.54) is 0 Å². The summed E-state index contributed by atoms with van der Waals surface area (Å²) in [6, 6.07) is 38.2. The summed E-state index contributed by atoms with van der Waals surface area (Å²) in [6.45, 7) is 0.344. The lowest BCUT2D eigenvalue weighted by Gasteiger charge is -2.20. The number of ether oxygens (including phenoxy) is 3. The van der Waals surface area contributed by atoms with E-state index in [1.54, 1.807) is 0 Å². The maximum atomic E-state index is 12.8. The van der Waals surface area contributed by atoms with Gasteiger partial charge in [-0.25, -0.2) is 9.59 Å². The number of carbonyl (C=O) groups excluding carboxylic acids is 2. The molecule has 0 unspecified atom stereocenters. The molecule has 0 aliphatic carbocycles. The van der Waals surface area contributed by atoms with E-state index < -0.39 is 12.2 Å². The van der Waals surface area contributed by atoms with Gasteiger partial charge in [0.2, 0.25) is 0 Å². The van der Waals surface area contributed by atoms with Crippen molar-refractivity contribution in [3.05, 3.63) is 144 Å². The molecule has 4 aromatic carbocycles. The van der Waals surface area contributed by atoms with Crippen molar-refractivity contribution in [2.75, 3.05) is 0 Å². The zero-order valence-corrected chi connectivity index (χ0v) is 22.7. The Hall–Kier alpha value is -4.62. The van der Waals surface area contributed by atoms with Crippen LogP contribution < -0.4 is 10.6 Å². The molecule has 41 heavy (non-hydrogen) atoms. The van der Waals surface area contributed by atoms with Crippen LogP contribution >= 0.6 is 0 Å². The van der Waals surface area contributed by atoms with Crippen molar-refractivity contribution in [1.29, 1.82) is 0 Å². The SMILES string of the molecule is O=C(N[C@@H](Cc1ccccc1)[C@@H]1O[C@H]1[C@H](Cc1ccccc1)NC(=O)OCc1ccccc1)OCc1ccccc1. The van der Waals surface area contributed by atoms with E-state index in [0.717, 1.165) is 22.3 Å². The predicted molar refractivity (Wildman–Crippen MR) is 156 cm³/mol. The first-order chi connectivity index (χ1) is 20.1. The number of nitrogens with one attached hydrogen (secondary N) is 2. The predicted octanol–water partition coefficient (Wildman–Crippen LogP) is 5.83. The number of carbonyl (C=O) groups is 2. The first-order valence-corrected chi connectivity index (χ1v) is 13.8. The summed E-state index contributed by atoms with van der Waals surface area (Å²) in [5, 5.41) is 6.03. The highest BCUT2D eigenvalue weighted by Crippen LogP contribution is 2.32. The van der Waals surface area contributed by atoms with E-state index in [-0.39, 0.29) is 37.5 Å². The van der Waals surface area contributed by atoms with Crippen LogP contribution in [-0.4, -0.2) is 36.5 Å². The van der Waals surface area contributed by atoms with Crippen LogP contribution in [-0.2, 0) is 40.3 Å². The van der Waals surface area contributed by atoms with Crippen molar-refractivity contribution in [2.24, 2.45) is 0 Å². The van der Waals surface area contributed by atoms with Crippen LogP contribution in [0.1, 0.15) is 22.3 Å². The highest BCUT2D eigenvalue weighted by Gasteiger charge is 2.50. The van der Waals surface area contributed by atoms with Gasteiger partial charge in [-0.1, -0.05) is 121 Å². The monoisotopic (exact) mass is 550 g/mol. The second-order valence-corrected chi connectivity index (χ2v) is 10.1. The Labute approximate surface area is 240 Å². The summed E-state index contributed by atoms with van der Waals surface area (Å²) in [4.78, 5) is 25.7. The lowest BCUT2D eigenvalue weighted by molar-refractivity contribution is 0.133. The van der Waals surface area contributed by atoms with E-state index in [0.29, 0.717) is 12.8 Å². The molecule has 1 aliphatic rings. The summed E-state index contributed by atoms with van der Waals surface area (Å²) in [7, 11) is 0. The Kier molecular flexibility index (Phi) is 9.63. The third-order valence-electron chi connectivity index (χ3n) is 6.98. The first-order valence-electron chi connectivity index (χ1n) is 13.8. The molecule has 4 aromatic rings. The molecule has 1 aliphatic heterocycles. The fourth-order valence-electron chi connectivity index (χ4n) is 4.85. The van der Waals surface area contributed by atoms with Gasteiger partial charge in [-0.05, 0) is 35.1 Å². The van der Waals surface area contributed by atoms with Crippen molar-refractivity contribution in [3.63, 3.8) is 0 Å². The van der Waals surface area contributed by atoms with Crippen molar-refractivity contribution in [3.8, 4) is 0 Å². The van der Waals surface area contributed by atoms with E-state index in [1.807, 2.05) is 121 Å². The number of benzene rings is 4. The van der Waals surface area contributed by atoms with Crippen molar-refractivity contribution in [1.82, 2.24) is 10.6 Å². The minimum absolute atomic E-state index is 0.172. The molecule has 210 valence electrons. The number of rotatable bonds is 12. The molecule has 0 saturated carbocycles. The Balaban J connectivity index is 1.26. The number of alkyl carbamates (subject to hydrolysis) is 2. The van der Waals surface area contributed by atoms with Crippen LogP contribution in [0, 0.1) is 0 Å². The number of hydrogen-bond donors (Lipinski definition) is 2. The highest BCUT2D eigenvalue weighted by atomic mass is 16.6. The minimum atomic E-state index is -0.515. The number of epoxide rings is 1. The average Bonchev–Trinajstić information content (AvgIpc) is 3.82. The number of amides is 2. The smallest absolute Gasteiger partial charge is 0.407 e. The number of hydrogen-bond acceptors (Lipinski definition) is 5. The van der Waals surface area contributed by atoms with Gasteiger partial charge in [0.15, 0.2) is 0 Å². The summed E-state index contributed by atoms with van der Waals surface area (Å²) in [5.74, 6) is 0. The minimum Gasteiger partial charge on any atom is -0.445 e. The Morgan fingerprint density at radius 1 is 0.537 bits per heavy atom. The largest absolute Gasteiger partial charge is 0.445 e. The van der Waals surface area contributed by atoms with Crippen LogP contribution in [0.2, 0.25) is 0 Å². The Bertz CT molecular complexity index is 1260. The van der Waals surface area contributed by atoms with Gasteiger partial charge < -0.3 is 24.8 Å². The molecule has 5 rings (SSSR count). The Morgan fingerprint density at radius 2 is 0.854 bits per heavy atom. The van der Waals surface area contributed by atoms with Crippen molar-refractivity contribution >= 4 is 12.2 Å². The van der Waals surface area contributed by atoms with E-state index in [4.69, 9.17) is 14.2 Å². The van der Waals surface area contributed by atoms with E-state index in [9.17, 15) is 9.59 Å². The molecule has 0 radical (unpaired) electrons. The normalized spacial score (nSPS) is 17.1. The lowest BCUT2D eigenvalue weighted by atomic mass is 9.96. The molecule has 1 saturated heterocycles. The molecule has 7 heteroatoms. The molecule has 0 spiro atoms. The van der Waals surface area contributed by atoms with Crippen LogP contribution in [0.5, 0.6) is 0 Å². The fourth-order valence-corrected chi connectivity index (χ4v) is 4.85. The van der Waals surface area contributed by atoms with Gasteiger partial charge in [0.1, 0.15) is 25.4 Å². The van der Waals surface area contributed by atoms with Gasteiger partial charge in [0.25, 0.3) is 0 Å². The Morgan fingerprint density at radius 3 is 1.20 bits per heavy atom.